The van der Waals surface area contributed by atoms with Crippen molar-refractivity contribution in [3.63, 3.8) is 0 Å². The van der Waals surface area contributed by atoms with Crippen LogP contribution in [0.2, 0.25) is 0 Å². The Morgan fingerprint density at radius 3 is 2.73 bits per heavy atom. The summed E-state index contributed by atoms with van der Waals surface area (Å²) in [5.41, 5.74) is 6.72. The molecule has 5 heteroatoms. The Kier molecular flexibility index (Phi) is 4.74. The van der Waals surface area contributed by atoms with Crippen molar-refractivity contribution in [2.45, 2.75) is 37.9 Å². The monoisotopic (exact) mass is 306 g/mol. The number of amides is 1. The van der Waals surface area contributed by atoms with Crippen molar-refractivity contribution in [1.82, 2.24) is 4.90 Å². The maximum absolute atomic E-state index is 12.9. The summed E-state index contributed by atoms with van der Waals surface area (Å²) < 4.78 is 18.6. The molecule has 2 aliphatic heterocycles. The van der Waals surface area contributed by atoms with Crippen LogP contribution in [0.25, 0.3) is 0 Å². The molecular formula is C17H23FN2O2. The zero-order valence-corrected chi connectivity index (χ0v) is 12.7. The Labute approximate surface area is 130 Å². The average molecular weight is 306 g/mol. The predicted octanol–water partition coefficient (Wildman–Crippen LogP) is 1.72. The molecule has 22 heavy (non-hydrogen) atoms. The molecule has 0 aliphatic carbocycles. The lowest BCUT2D eigenvalue weighted by atomic mass is 9.99. The highest BCUT2D eigenvalue weighted by Crippen LogP contribution is 2.26. The number of halogens is 1. The molecule has 1 aromatic carbocycles. The molecule has 2 fully saturated rings. The molecule has 0 radical (unpaired) electrons. The smallest absolute Gasteiger partial charge is 0.251 e. The van der Waals surface area contributed by atoms with Crippen molar-refractivity contribution in [2.75, 3.05) is 19.6 Å². The van der Waals surface area contributed by atoms with Crippen molar-refractivity contribution in [3.8, 4) is 0 Å². The molecule has 2 saturated heterocycles. The Bertz CT molecular complexity index is 520. The van der Waals surface area contributed by atoms with Crippen LogP contribution in [0.3, 0.4) is 0 Å². The lowest BCUT2D eigenvalue weighted by molar-refractivity contribution is -0.141. The summed E-state index contributed by atoms with van der Waals surface area (Å²) in [5.74, 6) is 0.346. The first kappa shape index (κ1) is 15.4. The molecular weight excluding hydrogens is 283 g/mol. The topological polar surface area (TPSA) is 55.6 Å². The van der Waals surface area contributed by atoms with E-state index in [1.54, 1.807) is 0 Å². The highest BCUT2D eigenvalue weighted by Gasteiger charge is 2.35. The molecule has 2 N–H and O–H groups in total. The Morgan fingerprint density at radius 2 is 2.05 bits per heavy atom. The predicted molar refractivity (Wildman–Crippen MR) is 81.7 cm³/mol. The van der Waals surface area contributed by atoms with Crippen LogP contribution >= 0.6 is 0 Å². The Balaban J connectivity index is 1.51. The minimum atomic E-state index is -0.307. The molecule has 2 heterocycles. The van der Waals surface area contributed by atoms with Crippen LogP contribution in [0.15, 0.2) is 24.3 Å². The van der Waals surface area contributed by atoms with Crippen molar-refractivity contribution in [2.24, 2.45) is 11.7 Å². The molecule has 120 valence electrons. The number of carbonyl (C=O) groups excluding carboxylic acids is 1. The highest BCUT2D eigenvalue weighted by molar-refractivity contribution is 5.81. The van der Waals surface area contributed by atoms with Gasteiger partial charge in [-0.3, -0.25) is 4.79 Å². The van der Waals surface area contributed by atoms with Gasteiger partial charge in [0.2, 0.25) is 0 Å². The molecule has 4 nitrogen and oxygen atoms in total. The van der Waals surface area contributed by atoms with E-state index in [0.717, 1.165) is 44.3 Å². The summed E-state index contributed by atoms with van der Waals surface area (Å²) in [5, 5.41) is 0. The number of hydrogen-bond donors (Lipinski definition) is 1. The average Bonchev–Trinajstić information content (AvgIpc) is 3.18. The lowest BCUT2D eigenvalue weighted by Crippen LogP contribution is -2.38. The standard InChI is InChI=1S/C17H23FN2O2/c18-14-3-1-12(2-4-14)9-13-7-8-20(11-13)17(21)16-6-5-15(10-19)22-16/h1-4,13,15-16H,5-11,19H2/t13?,15-,16+/m1/s1. The zero-order valence-electron chi connectivity index (χ0n) is 12.7. The molecule has 0 bridgehead atoms. The fraction of sp³-hybridized carbons (Fsp3) is 0.588. The molecule has 1 unspecified atom stereocenters. The summed E-state index contributed by atoms with van der Waals surface area (Å²) in [4.78, 5) is 14.4. The molecule has 3 rings (SSSR count). The van der Waals surface area contributed by atoms with E-state index in [2.05, 4.69) is 0 Å². The van der Waals surface area contributed by atoms with E-state index < -0.39 is 0 Å². The third-order valence-corrected chi connectivity index (χ3v) is 4.68. The highest BCUT2D eigenvalue weighted by atomic mass is 19.1. The summed E-state index contributed by atoms with van der Waals surface area (Å²) in [6.45, 7) is 2.04. The van der Waals surface area contributed by atoms with E-state index in [1.807, 2.05) is 17.0 Å². The van der Waals surface area contributed by atoms with Crippen LogP contribution in [-0.4, -0.2) is 42.6 Å². The number of nitrogens with two attached hydrogens (primary N) is 1. The fourth-order valence-electron chi connectivity index (χ4n) is 3.42. The van der Waals surface area contributed by atoms with Gasteiger partial charge in [-0.1, -0.05) is 12.1 Å². The van der Waals surface area contributed by atoms with E-state index in [4.69, 9.17) is 10.5 Å². The summed E-state index contributed by atoms with van der Waals surface area (Å²) in [6, 6.07) is 6.64. The van der Waals surface area contributed by atoms with Gasteiger partial charge in [0.25, 0.3) is 5.91 Å². The van der Waals surface area contributed by atoms with Crippen LogP contribution in [0.4, 0.5) is 4.39 Å². The van der Waals surface area contributed by atoms with Crippen molar-refractivity contribution >= 4 is 5.91 Å². The van der Waals surface area contributed by atoms with Crippen LogP contribution in [0.5, 0.6) is 0 Å². The maximum atomic E-state index is 12.9. The molecule has 0 aromatic heterocycles. The number of rotatable bonds is 4. The second kappa shape index (κ2) is 6.75. The molecule has 3 atom stereocenters. The van der Waals surface area contributed by atoms with Crippen LogP contribution in [0, 0.1) is 11.7 Å². The van der Waals surface area contributed by atoms with Crippen molar-refractivity contribution in [3.05, 3.63) is 35.6 Å². The summed E-state index contributed by atoms with van der Waals surface area (Å²) in [7, 11) is 0. The molecule has 1 amide bonds. The van der Waals surface area contributed by atoms with Crippen LogP contribution in [0.1, 0.15) is 24.8 Å². The third kappa shape index (κ3) is 3.47. The maximum Gasteiger partial charge on any atom is 0.251 e. The van der Waals surface area contributed by atoms with Crippen LogP contribution < -0.4 is 5.73 Å². The van der Waals surface area contributed by atoms with E-state index in [1.165, 1.54) is 12.1 Å². The molecule has 2 aliphatic rings. The van der Waals surface area contributed by atoms with Gasteiger partial charge < -0.3 is 15.4 Å². The quantitative estimate of drug-likeness (QED) is 0.921. The second-order valence-corrected chi connectivity index (χ2v) is 6.33. The molecule has 1 aromatic rings. The van der Waals surface area contributed by atoms with Gasteiger partial charge in [0.05, 0.1) is 6.10 Å². The normalized spacial score (nSPS) is 28.3. The van der Waals surface area contributed by atoms with Gasteiger partial charge in [-0.2, -0.15) is 0 Å². The van der Waals surface area contributed by atoms with E-state index in [9.17, 15) is 9.18 Å². The summed E-state index contributed by atoms with van der Waals surface area (Å²) in [6.07, 6.45) is 3.27. The number of likely N-dealkylation sites (tertiary alicyclic amines) is 1. The minimum absolute atomic E-state index is 0.0339. The molecule has 0 spiro atoms. The number of carbonyl (C=O) groups is 1. The third-order valence-electron chi connectivity index (χ3n) is 4.68. The number of hydrogen-bond acceptors (Lipinski definition) is 3. The van der Waals surface area contributed by atoms with Gasteiger partial charge in [-0.05, 0) is 49.3 Å². The number of nitrogens with zero attached hydrogens (tertiary/aromatic N) is 1. The van der Waals surface area contributed by atoms with Gasteiger partial charge in [-0.25, -0.2) is 4.39 Å². The van der Waals surface area contributed by atoms with Crippen molar-refractivity contribution in [1.29, 1.82) is 0 Å². The first-order valence-electron chi connectivity index (χ1n) is 8.04. The van der Waals surface area contributed by atoms with Gasteiger partial charge in [0.15, 0.2) is 0 Å². The first-order chi connectivity index (χ1) is 10.7. The van der Waals surface area contributed by atoms with E-state index >= 15 is 0 Å². The van der Waals surface area contributed by atoms with Crippen LogP contribution in [-0.2, 0) is 16.0 Å². The fourth-order valence-corrected chi connectivity index (χ4v) is 3.42. The largest absolute Gasteiger partial charge is 0.364 e. The zero-order chi connectivity index (χ0) is 15.5. The summed E-state index contributed by atoms with van der Waals surface area (Å²) >= 11 is 0. The number of benzene rings is 1. The van der Waals surface area contributed by atoms with Gasteiger partial charge in [-0.15, -0.1) is 0 Å². The van der Waals surface area contributed by atoms with Gasteiger partial charge in [0, 0.05) is 19.6 Å². The van der Waals surface area contributed by atoms with E-state index in [0.29, 0.717) is 12.5 Å². The Morgan fingerprint density at radius 1 is 1.27 bits per heavy atom. The first-order valence-corrected chi connectivity index (χ1v) is 8.04. The van der Waals surface area contributed by atoms with E-state index in [-0.39, 0.29) is 23.9 Å². The van der Waals surface area contributed by atoms with Crippen molar-refractivity contribution < 1.29 is 13.9 Å². The Hall–Kier alpha value is -1.46. The minimum Gasteiger partial charge on any atom is -0.364 e. The SMILES string of the molecule is NC[C@H]1CC[C@@H](C(=O)N2CCC(Cc3ccc(F)cc3)C2)O1. The lowest BCUT2D eigenvalue weighted by Gasteiger charge is -2.21. The number of ether oxygens (including phenoxy) is 1. The van der Waals surface area contributed by atoms with Gasteiger partial charge >= 0.3 is 0 Å². The molecule has 0 saturated carbocycles. The second-order valence-electron chi connectivity index (χ2n) is 6.33. The van der Waals surface area contributed by atoms with Gasteiger partial charge in [0.1, 0.15) is 11.9 Å².